The van der Waals surface area contributed by atoms with Gasteiger partial charge < -0.3 is 15.2 Å². The van der Waals surface area contributed by atoms with Crippen LogP contribution in [0.3, 0.4) is 0 Å². The van der Waals surface area contributed by atoms with E-state index in [1.165, 1.54) is 0 Å². The van der Waals surface area contributed by atoms with Crippen molar-refractivity contribution in [2.24, 2.45) is 0 Å². The summed E-state index contributed by atoms with van der Waals surface area (Å²) in [7, 11) is 0. The highest BCUT2D eigenvalue weighted by Crippen LogP contribution is 2.30. The second-order valence-corrected chi connectivity index (χ2v) is 6.83. The maximum absolute atomic E-state index is 11.6. The fourth-order valence-electron chi connectivity index (χ4n) is 3.40. The van der Waals surface area contributed by atoms with E-state index in [2.05, 4.69) is 24.1 Å². The van der Waals surface area contributed by atoms with Crippen LogP contribution in [-0.2, 0) is 11.3 Å². The Morgan fingerprint density at radius 3 is 2.87 bits per heavy atom. The third-order valence-corrected chi connectivity index (χ3v) is 4.93. The molecule has 0 aromatic heterocycles. The first-order valence-electron chi connectivity index (χ1n) is 7.83. The fourth-order valence-corrected chi connectivity index (χ4v) is 3.40. The molecule has 1 saturated heterocycles. The van der Waals surface area contributed by atoms with Crippen molar-refractivity contribution in [1.82, 2.24) is 10.2 Å². The Bertz CT molecular complexity index is 604. The minimum atomic E-state index is -0.557. The molecule has 1 aromatic carbocycles. The van der Waals surface area contributed by atoms with Gasteiger partial charge in [0.2, 0.25) is 0 Å². The van der Waals surface area contributed by atoms with Crippen molar-refractivity contribution in [2.45, 2.75) is 39.0 Å². The molecule has 0 aliphatic carbocycles. The van der Waals surface area contributed by atoms with Gasteiger partial charge in [-0.1, -0.05) is 6.07 Å². The van der Waals surface area contributed by atoms with E-state index < -0.39 is 6.10 Å². The Labute approximate surface area is 143 Å². The van der Waals surface area contributed by atoms with Crippen LogP contribution in [0.1, 0.15) is 47.0 Å². The van der Waals surface area contributed by atoms with Crippen LogP contribution in [-0.4, -0.2) is 47.7 Å². The number of hydrogen-bond donors (Lipinski definition) is 2. The number of rotatable bonds is 3. The number of cyclic esters (lactones) is 1. The largest absolute Gasteiger partial charge is 0.457 e. The Morgan fingerprint density at radius 2 is 2.17 bits per heavy atom. The third-order valence-electron chi connectivity index (χ3n) is 4.93. The summed E-state index contributed by atoms with van der Waals surface area (Å²) in [6.07, 6.45) is -0.557. The monoisotopic (exact) mass is 340 g/mol. The van der Waals surface area contributed by atoms with E-state index in [4.69, 9.17) is 4.74 Å². The predicted octanol–water partition coefficient (Wildman–Crippen LogP) is 1.80. The maximum atomic E-state index is 11.6. The third kappa shape index (κ3) is 3.38. The van der Waals surface area contributed by atoms with Crippen molar-refractivity contribution < 1.29 is 14.6 Å². The molecule has 1 fully saturated rings. The Balaban J connectivity index is 0.00000192. The predicted molar refractivity (Wildman–Crippen MR) is 91.0 cm³/mol. The Hall–Kier alpha value is -1.14. The fraction of sp³-hybridized carbons (Fsp3) is 0.588. The molecule has 128 valence electrons. The van der Waals surface area contributed by atoms with Gasteiger partial charge in [0.05, 0.1) is 11.7 Å². The van der Waals surface area contributed by atoms with Gasteiger partial charge in [0.25, 0.3) is 0 Å². The summed E-state index contributed by atoms with van der Waals surface area (Å²) in [5.41, 5.74) is 3.45. The number of piperazine rings is 1. The van der Waals surface area contributed by atoms with Gasteiger partial charge in [0.1, 0.15) is 6.61 Å². The number of aliphatic hydroxyl groups excluding tert-OH is 1. The van der Waals surface area contributed by atoms with Crippen LogP contribution in [0.2, 0.25) is 0 Å². The summed E-state index contributed by atoms with van der Waals surface area (Å²) in [6, 6.07) is 3.64. The van der Waals surface area contributed by atoms with E-state index >= 15 is 0 Å². The van der Waals surface area contributed by atoms with Gasteiger partial charge in [-0.25, -0.2) is 4.79 Å². The van der Waals surface area contributed by atoms with Gasteiger partial charge in [-0.15, -0.1) is 12.4 Å². The molecule has 1 atom stereocenters. The van der Waals surface area contributed by atoms with E-state index in [1.54, 1.807) is 6.07 Å². The standard InChI is InChI=1S/C17H24N2O3.ClH/c1-11-12(4-5-13-14(11)9-22-16(13)21)15(20)8-19-7-6-18-10-17(19,2)3;/h4-5,15,18,20H,6-10H2,1-3H3;1H/t15-;/m0./s1. The minimum absolute atomic E-state index is 0. The summed E-state index contributed by atoms with van der Waals surface area (Å²) in [4.78, 5) is 13.9. The molecule has 2 N–H and O–H groups in total. The second kappa shape index (κ2) is 6.77. The van der Waals surface area contributed by atoms with E-state index in [9.17, 15) is 9.90 Å². The van der Waals surface area contributed by atoms with Crippen LogP contribution in [0, 0.1) is 6.92 Å². The number of carbonyl (C=O) groups is 1. The smallest absolute Gasteiger partial charge is 0.338 e. The number of nitrogens with zero attached hydrogens (tertiary/aromatic N) is 1. The van der Waals surface area contributed by atoms with E-state index in [1.807, 2.05) is 13.0 Å². The molecular weight excluding hydrogens is 316 g/mol. The van der Waals surface area contributed by atoms with Gasteiger partial charge in [0, 0.05) is 37.3 Å². The van der Waals surface area contributed by atoms with Crippen LogP contribution in [0.4, 0.5) is 0 Å². The first-order valence-corrected chi connectivity index (χ1v) is 7.83. The number of β-amino-alcohol motifs (C(OH)–C–C–N with tert-alkyl or cyclic N) is 1. The molecule has 2 aliphatic rings. The molecular formula is C17H25ClN2O3. The highest BCUT2D eigenvalue weighted by atomic mass is 35.5. The quantitative estimate of drug-likeness (QED) is 0.822. The summed E-state index contributed by atoms with van der Waals surface area (Å²) >= 11 is 0. The lowest BCUT2D eigenvalue weighted by Crippen LogP contribution is -2.58. The number of halogens is 1. The SMILES string of the molecule is Cc1c([C@@H](O)CN2CCNCC2(C)C)ccc2c1COC2=O.Cl. The van der Waals surface area contributed by atoms with Gasteiger partial charge in [0.15, 0.2) is 0 Å². The average molecular weight is 341 g/mol. The van der Waals surface area contributed by atoms with Gasteiger partial charge >= 0.3 is 5.97 Å². The molecule has 0 spiro atoms. The van der Waals surface area contributed by atoms with Crippen LogP contribution in [0.15, 0.2) is 12.1 Å². The van der Waals surface area contributed by atoms with Crippen molar-refractivity contribution in [3.8, 4) is 0 Å². The lowest BCUT2D eigenvalue weighted by molar-refractivity contribution is 0.0338. The molecule has 1 aromatic rings. The molecule has 3 rings (SSSR count). The van der Waals surface area contributed by atoms with Crippen LogP contribution in [0.25, 0.3) is 0 Å². The zero-order chi connectivity index (χ0) is 15.9. The van der Waals surface area contributed by atoms with Gasteiger partial charge in [-0.3, -0.25) is 4.90 Å². The molecule has 0 amide bonds. The summed E-state index contributed by atoms with van der Waals surface area (Å²) in [5, 5.41) is 14.1. The molecule has 6 heteroatoms. The van der Waals surface area contributed by atoms with E-state index in [0.29, 0.717) is 18.7 Å². The minimum Gasteiger partial charge on any atom is -0.457 e. The molecule has 2 aliphatic heterocycles. The van der Waals surface area contributed by atoms with Gasteiger partial charge in [-0.2, -0.15) is 0 Å². The Kier molecular flexibility index (Phi) is 5.36. The molecule has 0 bridgehead atoms. The maximum Gasteiger partial charge on any atom is 0.338 e. The zero-order valence-electron chi connectivity index (χ0n) is 13.9. The van der Waals surface area contributed by atoms with Crippen molar-refractivity contribution in [1.29, 1.82) is 0 Å². The van der Waals surface area contributed by atoms with Crippen molar-refractivity contribution in [3.63, 3.8) is 0 Å². The first kappa shape index (κ1) is 18.2. The number of fused-ring (bicyclic) bond motifs is 1. The Morgan fingerprint density at radius 1 is 1.43 bits per heavy atom. The zero-order valence-corrected chi connectivity index (χ0v) is 14.7. The number of ether oxygens (including phenoxy) is 1. The lowest BCUT2D eigenvalue weighted by Gasteiger charge is -2.43. The lowest BCUT2D eigenvalue weighted by atomic mass is 9.93. The first-order chi connectivity index (χ1) is 10.4. The summed E-state index contributed by atoms with van der Waals surface area (Å²) in [5.74, 6) is -0.262. The molecule has 5 nitrogen and oxygen atoms in total. The van der Waals surface area contributed by atoms with Crippen LogP contribution < -0.4 is 5.32 Å². The molecule has 23 heavy (non-hydrogen) atoms. The number of benzene rings is 1. The van der Waals surface area contributed by atoms with Crippen LogP contribution in [0.5, 0.6) is 0 Å². The van der Waals surface area contributed by atoms with E-state index in [-0.39, 0.29) is 23.9 Å². The van der Waals surface area contributed by atoms with E-state index in [0.717, 1.165) is 36.3 Å². The van der Waals surface area contributed by atoms with Crippen molar-refractivity contribution in [3.05, 3.63) is 34.4 Å². The number of hydrogen-bond acceptors (Lipinski definition) is 5. The average Bonchev–Trinajstić information content (AvgIpc) is 2.84. The molecule has 0 unspecified atom stereocenters. The highest BCUT2D eigenvalue weighted by Gasteiger charge is 2.32. The molecule has 0 saturated carbocycles. The number of carbonyl (C=O) groups excluding carboxylic acids is 1. The normalized spacial score (nSPS) is 21.3. The molecule has 2 heterocycles. The summed E-state index contributed by atoms with van der Waals surface area (Å²) < 4.78 is 5.08. The molecule has 0 radical (unpaired) electrons. The number of nitrogens with one attached hydrogen (secondary N) is 1. The van der Waals surface area contributed by atoms with Gasteiger partial charge in [-0.05, 0) is 38.0 Å². The number of esters is 1. The number of aliphatic hydroxyl groups is 1. The highest BCUT2D eigenvalue weighted by molar-refractivity contribution is 5.93. The van der Waals surface area contributed by atoms with Crippen LogP contribution >= 0.6 is 12.4 Å². The van der Waals surface area contributed by atoms with Crippen molar-refractivity contribution in [2.75, 3.05) is 26.2 Å². The second-order valence-electron chi connectivity index (χ2n) is 6.83. The summed E-state index contributed by atoms with van der Waals surface area (Å²) in [6.45, 7) is 10.1. The topological polar surface area (TPSA) is 61.8 Å². The van der Waals surface area contributed by atoms with Crippen molar-refractivity contribution >= 4 is 18.4 Å².